The van der Waals surface area contributed by atoms with E-state index in [0.717, 1.165) is 44.5 Å². The summed E-state index contributed by atoms with van der Waals surface area (Å²) < 4.78 is 5.64. The van der Waals surface area contributed by atoms with Crippen LogP contribution in [0.15, 0.2) is 5.51 Å². The van der Waals surface area contributed by atoms with E-state index in [1.807, 2.05) is 31.2 Å². The van der Waals surface area contributed by atoms with Gasteiger partial charge < -0.3 is 15.0 Å². The molecule has 1 saturated carbocycles. The molecule has 5 nitrogen and oxygen atoms in total. The SMILES string of the molecule is Cc1ncsc1CNC1CCN(C(=O)OC(C)(C)C)C2(CCC2)C1. The summed E-state index contributed by atoms with van der Waals surface area (Å²) in [7, 11) is 0. The van der Waals surface area contributed by atoms with Gasteiger partial charge in [-0.3, -0.25) is 0 Å². The molecule has 1 aliphatic carbocycles. The smallest absolute Gasteiger partial charge is 0.410 e. The second-order valence-corrected chi connectivity index (χ2v) is 9.08. The van der Waals surface area contributed by atoms with Crippen molar-refractivity contribution in [1.82, 2.24) is 15.2 Å². The molecule has 1 unspecified atom stereocenters. The number of hydrogen-bond donors (Lipinski definition) is 1. The zero-order chi connectivity index (χ0) is 17.4. The topological polar surface area (TPSA) is 54.5 Å². The zero-order valence-corrected chi connectivity index (χ0v) is 16.0. The van der Waals surface area contributed by atoms with E-state index in [1.54, 1.807) is 11.3 Å². The molecule has 0 radical (unpaired) electrons. The minimum Gasteiger partial charge on any atom is -0.444 e. The third-order valence-corrected chi connectivity index (χ3v) is 6.13. The molecule has 1 N–H and O–H groups in total. The molecule has 1 saturated heterocycles. The van der Waals surface area contributed by atoms with Crippen LogP contribution in [0.5, 0.6) is 0 Å². The lowest BCUT2D eigenvalue weighted by atomic mass is 9.69. The number of aromatic nitrogens is 1. The van der Waals surface area contributed by atoms with E-state index in [-0.39, 0.29) is 11.6 Å². The van der Waals surface area contributed by atoms with E-state index in [0.29, 0.717) is 6.04 Å². The number of ether oxygens (including phenoxy) is 1. The van der Waals surface area contributed by atoms with Crippen molar-refractivity contribution in [3.8, 4) is 0 Å². The predicted molar refractivity (Wildman–Crippen MR) is 96.2 cm³/mol. The molecule has 1 aliphatic heterocycles. The summed E-state index contributed by atoms with van der Waals surface area (Å²) in [6.07, 6.45) is 5.29. The first-order valence-electron chi connectivity index (χ1n) is 8.92. The van der Waals surface area contributed by atoms with Crippen molar-refractivity contribution in [3.05, 3.63) is 16.1 Å². The molecule has 134 valence electrons. The number of nitrogens with zero attached hydrogens (tertiary/aromatic N) is 2. The monoisotopic (exact) mass is 351 g/mol. The molecule has 1 atom stereocenters. The van der Waals surface area contributed by atoms with Crippen LogP contribution in [0.3, 0.4) is 0 Å². The Balaban J connectivity index is 1.60. The number of rotatable bonds is 3. The number of amides is 1. The number of carbonyl (C=O) groups excluding carboxylic acids is 1. The van der Waals surface area contributed by atoms with Crippen molar-refractivity contribution in [3.63, 3.8) is 0 Å². The second kappa shape index (κ2) is 6.64. The number of likely N-dealkylation sites (tertiary alicyclic amines) is 1. The Hall–Kier alpha value is -1.14. The quantitative estimate of drug-likeness (QED) is 0.898. The van der Waals surface area contributed by atoms with Crippen molar-refractivity contribution < 1.29 is 9.53 Å². The van der Waals surface area contributed by atoms with Gasteiger partial charge in [0.05, 0.1) is 11.2 Å². The number of hydrogen-bond acceptors (Lipinski definition) is 5. The van der Waals surface area contributed by atoms with Crippen LogP contribution in [0.2, 0.25) is 0 Å². The maximum Gasteiger partial charge on any atom is 0.410 e. The summed E-state index contributed by atoms with van der Waals surface area (Å²) >= 11 is 1.71. The average Bonchev–Trinajstić information content (AvgIpc) is 2.86. The van der Waals surface area contributed by atoms with Crippen LogP contribution >= 0.6 is 11.3 Å². The highest BCUT2D eigenvalue weighted by Gasteiger charge is 2.49. The first-order valence-corrected chi connectivity index (χ1v) is 9.80. The Bertz CT molecular complexity index is 589. The van der Waals surface area contributed by atoms with Gasteiger partial charge in [0.25, 0.3) is 0 Å². The molecule has 1 aromatic heterocycles. The first kappa shape index (κ1) is 17.7. The first-order chi connectivity index (χ1) is 11.3. The van der Waals surface area contributed by atoms with Gasteiger partial charge in [0.1, 0.15) is 5.60 Å². The van der Waals surface area contributed by atoms with Crippen molar-refractivity contribution in [2.45, 2.75) is 83.5 Å². The third kappa shape index (κ3) is 3.75. The van der Waals surface area contributed by atoms with E-state index in [4.69, 9.17) is 4.74 Å². The van der Waals surface area contributed by atoms with E-state index in [2.05, 4.69) is 17.2 Å². The summed E-state index contributed by atoms with van der Waals surface area (Å²) in [5.74, 6) is 0. The Morgan fingerprint density at radius 1 is 1.50 bits per heavy atom. The largest absolute Gasteiger partial charge is 0.444 e. The zero-order valence-electron chi connectivity index (χ0n) is 15.2. The molecule has 0 bridgehead atoms. The number of carbonyl (C=O) groups is 1. The second-order valence-electron chi connectivity index (χ2n) is 8.14. The Morgan fingerprint density at radius 2 is 2.25 bits per heavy atom. The minimum absolute atomic E-state index is 0.0149. The highest BCUT2D eigenvalue weighted by Crippen LogP contribution is 2.45. The fourth-order valence-electron chi connectivity index (χ4n) is 3.76. The molecule has 0 aromatic carbocycles. The average molecular weight is 352 g/mol. The van der Waals surface area contributed by atoms with Crippen LogP contribution in [-0.2, 0) is 11.3 Å². The van der Waals surface area contributed by atoms with Crippen LogP contribution in [0.4, 0.5) is 4.79 Å². The van der Waals surface area contributed by atoms with Crippen LogP contribution in [0.25, 0.3) is 0 Å². The van der Waals surface area contributed by atoms with Gasteiger partial charge in [-0.2, -0.15) is 0 Å². The Morgan fingerprint density at radius 3 is 2.79 bits per heavy atom. The molecule has 1 spiro atoms. The lowest BCUT2D eigenvalue weighted by Gasteiger charge is -2.54. The fourth-order valence-corrected chi connectivity index (χ4v) is 4.49. The van der Waals surface area contributed by atoms with Crippen LogP contribution in [0.1, 0.15) is 63.4 Å². The number of aryl methyl sites for hydroxylation is 1. The molecule has 1 aromatic rings. The molecule has 2 heterocycles. The lowest BCUT2D eigenvalue weighted by molar-refractivity contribution is -0.0494. The number of nitrogens with one attached hydrogen (secondary N) is 1. The van der Waals surface area contributed by atoms with Gasteiger partial charge in [-0.1, -0.05) is 0 Å². The van der Waals surface area contributed by atoms with Crippen molar-refractivity contribution in [1.29, 1.82) is 0 Å². The van der Waals surface area contributed by atoms with Gasteiger partial charge in [0, 0.05) is 29.5 Å². The molecular formula is C18H29N3O2S. The summed E-state index contributed by atoms with van der Waals surface area (Å²) in [6.45, 7) is 9.53. The van der Waals surface area contributed by atoms with Gasteiger partial charge in [0.15, 0.2) is 0 Å². The predicted octanol–water partition coefficient (Wildman–Crippen LogP) is 3.86. The Kier molecular flexibility index (Phi) is 4.89. The fraction of sp³-hybridized carbons (Fsp3) is 0.778. The van der Waals surface area contributed by atoms with E-state index < -0.39 is 5.60 Å². The summed E-state index contributed by atoms with van der Waals surface area (Å²) in [5.41, 5.74) is 2.62. The number of piperidine rings is 1. The maximum absolute atomic E-state index is 12.6. The Labute approximate surface area is 148 Å². The van der Waals surface area contributed by atoms with Gasteiger partial charge >= 0.3 is 6.09 Å². The molecule has 1 amide bonds. The van der Waals surface area contributed by atoms with Crippen LogP contribution in [-0.4, -0.2) is 39.7 Å². The summed E-state index contributed by atoms with van der Waals surface area (Å²) in [5, 5.41) is 3.69. The van der Waals surface area contributed by atoms with E-state index in [1.165, 1.54) is 11.3 Å². The standard InChI is InChI=1S/C18H29N3O2S/c1-13-15(24-12-20-13)11-19-14-6-9-21(16(22)23-17(2,3)4)18(10-14)7-5-8-18/h12,14,19H,5-11H2,1-4H3. The van der Waals surface area contributed by atoms with E-state index >= 15 is 0 Å². The molecule has 24 heavy (non-hydrogen) atoms. The lowest BCUT2D eigenvalue weighted by Crippen LogP contribution is -2.63. The van der Waals surface area contributed by atoms with Gasteiger partial charge in [-0.05, 0) is 59.8 Å². The molecule has 2 fully saturated rings. The summed E-state index contributed by atoms with van der Waals surface area (Å²) in [6, 6.07) is 0.463. The number of thiazole rings is 1. The van der Waals surface area contributed by atoms with Crippen LogP contribution in [0, 0.1) is 6.92 Å². The molecular weight excluding hydrogens is 322 g/mol. The maximum atomic E-state index is 12.6. The molecule has 3 rings (SSSR count). The molecule has 2 aliphatic rings. The van der Waals surface area contributed by atoms with Gasteiger partial charge in [-0.25, -0.2) is 9.78 Å². The van der Waals surface area contributed by atoms with E-state index in [9.17, 15) is 4.79 Å². The van der Waals surface area contributed by atoms with Crippen molar-refractivity contribution in [2.75, 3.05) is 6.54 Å². The van der Waals surface area contributed by atoms with Gasteiger partial charge in [0.2, 0.25) is 0 Å². The van der Waals surface area contributed by atoms with Gasteiger partial charge in [-0.15, -0.1) is 11.3 Å². The third-order valence-electron chi connectivity index (χ3n) is 5.19. The normalized spacial score (nSPS) is 23.2. The van der Waals surface area contributed by atoms with Crippen molar-refractivity contribution >= 4 is 17.4 Å². The minimum atomic E-state index is -0.430. The highest BCUT2D eigenvalue weighted by molar-refractivity contribution is 7.09. The van der Waals surface area contributed by atoms with Crippen molar-refractivity contribution in [2.24, 2.45) is 0 Å². The highest BCUT2D eigenvalue weighted by atomic mass is 32.1. The summed E-state index contributed by atoms with van der Waals surface area (Å²) in [4.78, 5) is 20.2. The van der Waals surface area contributed by atoms with Crippen LogP contribution < -0.4 is 5.32 Å². The molecule has 6 heteroatoms.